The maximum absolute atomic E-state index is 12.8. The van der Waals surface area contributed by atoms with Gasteiger partial charge in [0.15, 0.2) is 0 Å². The van der Waals surface area contributed by atoms with E-state index in [9.17, 15) is 4.79 Å². The van der Waals surface area contributed by atoms with Gasteiger partial charge in [0.2, 0.25) is 0 Å². The monoisotopic (exact) mass is 340 g/mol. The van der Waals surface area contributed by atoms with Crippen molar-refractivity contribution in [1.29, 1.82) is 0 Å². The molecule has 0 saturated carbocycles. The van der Waals surface area contributed by atoms with Gasteiger partial charge in [0.1, 0.15) is 0 Å². The highest BCUT2D eigenvalue weighted by molar-refractivity contribution is 6.32. The van der Waals surface area contributed by atoms with Crippen LogP contribution in [0.1, 0.15) is 33.7 Å². The molecule has 2 heterocycles. The lowest BCUT2D eigenvalue weighted by atomic mass is 9.91. The third-order valence-corrected chi connectivity index (χ3v) is 4.81. The van der Waals surface area contributed by atoms with Crippen LogP contribution in [0.5, 0.6) is 0 Å². The average molecular weight is 341 g/mol. The number of aromatic amines is 1. The van der Waals surface area contributed by atoms with E-state index in [4.69, 9.17) is 11.6 Å². The first kappa shape index (κ1) is 15.1. The molecule has 122 valence electrons. The third-order valence-electron chi connectivity index (χ3n) is 4.59. The summed E-state index contributed by atoms with van der Waals surface area (Å²) in [5.74, 6) is -0.129. The fraction of sp³-hybridized carbons (Fsp3) is 0.278. The van der Waals surface area contributed by atoms with E-state index in [1.54, 1.807) is 12.3 Å². The predicted octanol–water partition coefficient (Wildman–Crippen LogP) is 3.21. The Morgan fingerprint density at radius 3 is 3.17 bits per heavy atom. The van der Waals surface area contributed by atoms with E-state index < -0.39 is 0 Å². The Morgan fingerprint density at radius 1 is 1.42 bits per heavy atom. The number of carbonyl (C=O) groups is 1. The normalized spacial score (nSPS) is 16.8. The lowest BCUT2D eigenvalue weighted by molar-refractivity contribution is 0.0935. The second kappa shape index (κ2) is 5.91. The second-order valence-electron chi connectivity index (χ2n) is 6.22. The molecule has 1 aromatic carbocycles. The predicted molar refractivity (Wildman–Crippen MR) is 93.4 cm³/mol. The maximum Gasteiger partial charge on any atom is 0.253 e. The smallest absolute Gasteiger partial charge is 0.253 e. The summed E-state index contributed by atoms with van der Waals surface area (Å²) in [6.45, 7) is 2.02. The molecule has 1 aliphatic carbocycles. The molecule has 0 saturated heterocycles. The van der Waals surface area contributed by atoms with Crippen molar-refractivity contribution in [2.75, 3.05) is 0 Å². The summed E-state index contributed by atoms with van der Waals surface area (Å²) in [7, 11) is 0. The number of aryl methyl sites for hydroxylation is 2. The average Bonchev–Trinajstić information content (AvgIpc) is 2.95. The Morgan fingerprint density at radius 2 is 2.29 bits per heavy atom. The van der Waals surface area contributed by atoms with Crippen LogP contribution in [-0.2, 0) is 12.8 Å². The summed E-state index contributed by atoms with van der Waals surface area (Å²) in [5.41, 5.74) is 4.62. The van der Waals surface area contributed by atoms with Crippen molar-refractivity contribution in [2.45, 2.75) is 32.2 Å². The number of aromatic nitrogens is 3. The van der Waals surface area contributed by atoms with Crippen LogP contribution < -0.4 is 5.32 Å². The molecule has 1 atom stereocenters. The third kappa shape index (κ3) is 2.65. The molecule has 3 aromatic rings. The van der Waals surface area contributed by atoms with Crippen LogP contribution in [0.15, 0.2) is 30.5 Å². The van der Waals surface area contributed by atoms with Gasteiger partial charge in [-0.2, -0.15) is 5.10 Å². The number of hydrogen-bond donors (Lipinski definition) is 2. The Hall–Kier alpha value is -2.40. The summed E-state index contributed by atoms with van der Waals surface area (Å²) < 4.78 is 0. The molecule has 1 aliphatic rings. The summed E-state index contributed by atoms with van der Waals surface area (Å²) in [5, 5.41) is 11.9. The van der Waals surface area contributed by atoms with E-state index in [1.807, 2.05) is 25.1 Å². The fourth-order valence-corrected chi connectivity index (χ4v) is 3.58. The van der Waals surface area contributed by atoms with Gasteiger partial charge in [0.05, 0.1) is 16.8 Å². The Labute approximate surface area is 144 Å². The van der Waals surface area contributed by atoms with Gasteiger partial charge in [-0.15, -0.1) is 0 Å². The van der Waals surface area contributed by atoms with Gasteiger partial charge in [-0.3, -0.25) is 14.9 Å². The number of benzene rings is 1. The first-order valence-electron chi connectivity index (χ1n) is 7.99. The maximum atomic E-state index is 12.8. The van der Waals surface area contributed by atoms with Crippen LogP contribution >= 0.6 is 11.6 Å². The standard InChI is InChI=1S/C18H17ClN4O/c1-10-14-9-13(4-5-16(14)23-22-10)21-18(24)15-8-12(19)7-11-3-2-6-20-17(11)15/h2-3,6-8,13H,4-5,9H2,1H3,(H,21,24)(H,22,23). The molecule has 1 amide bonds. The largest absolute Gasteiger partial charge is 0.349 e. The quantitative estimate of drug-likeness (QED) is 0.752. The van der Waals surface area contributed by atoms with E-state index in [-0.39, 0.29) is 11.9 Å². The van der Waals surface area contributed by atoms with Crippen LogP contribution in [0.4, 0.5) is 0 Å². The first-order chi connectivity index (χ1) is 11.6. The van der Waals surface area contributed by atoms with Gasteiger partial charge >= 0.3 is 0 Å². The van der Waals surface area contributed by atoms with E-state index in [0.717, 1.165) is 36.0 Å². The highest BCUT2D eigenvalue weighted by Gasteiger charge is 2.24. The first-order valence-corrected chi connectivity index (χ1v) is 8.37. The Balaban J connectivity index is 1.60. The highest BCUT2D eigenvalue weighted by Crippen LogP contribution is 2.25. The molecule has 0 fully saturated rings. The minimum absolute atomic E-state index is 0.0963. The number of fused-ring (bicyclic) bond motifs is 2. The number of rotatable bonds is 2. The molecule has 2 N–H and O–H groups in total. The van der Waals surface area contributed by atoms with Gasteiger partial charge in [-0.05, 0) is 49.9 Å². The lowest BCUT2D eigenvalue weighted by Gasteiger charge is -2.23. The molecule has 2 aromatic heterocycles. The molecule has 5 nitrogen and oxygen atoms in total. The molecule has 0 radical (unpaired) electrons. The van der Waals surface area contributed by atoms with Crippen molar-refractivity contribution < 1.29 is 4.79 Å². The molecule has 0 aliphatic heterocycles. The zero-order valence-electron chi connectivity index (χ0n) is 13.3. The molecular weight excluding hydrogens is 324 g/mol. The molecule has 6 heteroatoms. The van der Waals surface area contributed by atoms with Crippen molar-refractivity contribution in [3.8, 4) is 0 Å². The van der Waals surface area contributed by atoms with Crippen molar-refractivity contribution in [2.24, 2.45) is 0 Å². The number of hydrogen-bond acceptors (Lipinski definition) is 3. The number of amides is 1. The van der Waals surface area contributed by atoms with E-state index in [2.05, 4.69) is 20.5 Å². The molecule has 0 bridgehead atoms. The number of nitrogens with one attached hydrogen (secondary N) is 2. The topological polar surface area (TPSA) is 70.7 Å². The minimum atomic E-state index is -0.129. The van der Waals surface area contributed by atoms with Gasteiger partial charge in [0, 0.05) is 28.3 Å². The number of nitrogens with zero attached hydrogens (tertiary/aromatic N) is 2. The van der Waals surface area contributed by atoms with Gasteiger partial charge in [-0.1, -0.05) is 17.7 Å². The van der Waals surface area contributed by atoms with Crippen molar-refractivity contribution in [1.82, 2.24) is 20.5 Å². The Bertz CT molecular complexity index is 934. The lowest BCUT2D eigenvalue weighted by Crippen LogP contribution is -2.39. The fourth-order valence-electron chi connectivity index (χ4n) is 3.35. The summed E-state index contributed by atoms with van der Waals surface area (Å²) in [4.78, 5) is 17.1. The van der Waals surface area contributed by atoms with Gasteiger partial charge in [0.25, 0.3) is 5.91 Å². The van der Waals surface area contributed by atoms with E-state index in [0.29, 0.717) is 16.1 Å². The van der Waals surface area contributed by atoms with Crippen LogP contribution in [-0.4, -0.2) is 27.1 Å². The number of halogens is 1. The summed E-state index contributed by atoms with van der Waals surface area (Å²) >= 11 is 6.16. The van der Waals surface area contributed by atoms with Gasteiger partial charge < -0.3 is 5.32 Å². The molecule has 0 spiro atoms. The van der Waals surface area contributed by atoms with Crippen molar-refractivity contribution in [3.63, 3.8) is 0 Å². The van der Waals surface area contributed by atoms with Crippen LogP contribution in [0, 0.1) is 6.92 Å². The van der Waals surface area contributed by atoms with Crippen LogP contribution in [0.25, 0.3) is 10.9 Å². The second-order valence-corrected chi connectivity index (χ2v) is 6.65. The number of carbonyl (C=O) groups excluding carboxylic acids is 1. The van der Waals surface area contributed by atoms with E-state index >= 15 is 0 Å². The van der Waals surface area contributed by atoms with Crippen LogP contribution in [0.2, 0.25) is 5.02 Å². The molecule has 1 unspecified atom stereocenters. The van der Waals surface area contributed by atoms with E-state index in [1.165, 1.54) is 5.56 Å². The van der Waals surface area contributed by atoms with Gasteiger partial charge in [-0.25, -0.2) is 0 Å². The molecular formula is C18H17ClN4O. The van der Waals surface area contributed by atoms with Crippen molar-refractivity contribution >= 4 is 28.4 Å². The zero-order valence-corrected chi connectivity index (χ0v) is 14.0. The zero-order chi connectivity index (χ0) is 16.7. The van der Waals surface area contributed by atoms with Crippen LogP contribution in [0.3, 0.4) is 0 Å². The minimum Gasteiger partial charge on any atom is -0.349 e. The Kier molecular flexibility index (Phi) is 3.73. The summed E-state index contributed by atoms with van der Waals surface area (Å²) in [6, 6.07) is 7.35. The molecule has 24 heavy (non-hydrogen) atoms. The van der Waals surface area contributed by atoms with Crippen molar-refractivity contribution in [3.05, 3.63) is 58.0 Å². The number of pyridine rings is 1. The highest BCUT2D eigenvalue weighted by atomic mass is 35.5. The molecule has 4 rings (SSSR count). The SMILES string of the molecule is Cc1[nH]nc2c1CC(NC(=O)c1cc(Cl)cc3cccnc13)CC2. The summed E-state index contributed by atoms with van der Waals surface area (Å²) in [6.07, 6.45) is 4.25. The number of H-pyrrole nitrogens is 1.